The smallest absolute Gasteiger partial charge is 0.338 e. The molecule has 0 spiro atoms. The molecule has 3 heterocycles. The van der Waals surface area contributed by atoms with Crippen LogP contribution in [-0.4, -0.2) is 69.3 Å². The number of anilines is 2. The Morgan fingerprint density at radius 1 is 1.06 bits per heavy atom. The van der Waals surface area contributed by atoms with Gasteiger partial charge in [0.15, 0.2) is 0 Å². The Bertz CT molecular complexity index is 1170. The van der Waals surface area contributed by atoms with Gasteiger partial charge in [0.2, 0.25) is 0 Å². The van der Waals surface area contributed by atoms with Gasteiger partial charge >= 0.3 is 12.0 Å². The van der Waals surface area contributed by atoms with Crippen LogP contribution in [0.3, 0.4) is 0 Å². The first-order valence-corrected chi connectivity index (χ1v) is 11.4. The summed E-state index contributed by atoms with van der Waals surface area (Å²) < 4.78 is 6.83. The minimum absolute atomic E-state index is 0.152. The molecular formula is C23H27N7O3. The minimum atomic E-state index is -0.369. The maximum Gasteiger partial charge on any atom is 0.338 e. The van der Waals surface area contributed by atoms with E-state index < -0.39 is 0 Å². The van der Waals surface area contributed by atoms with Crippen molar-refractivity contribution in [1.29, 1.82) is 0 Å². The minimum Gasteiger partial charge on any atom is -0.462 e. The van der Waals surface area contributed by atoms with Gasteiger partial charge in [0.1, 0.15) is 12.1 Å². The molecule has 1 fully saturated rings. The second-order valence-corrected chi connectivity index (χ2v) is 8.24. The summed E-state index contributed by atoms with van der Waals surface area (Å²) in [5.41, 5.74) is 3.49. The van der Waals surface area contributed by atoms with E-state index >= 15 is 0 Å². The number of amides is 2. The number of piperazine rings is 1. The number of ether oxygens (including phenoxy) is 1. The Morgan fingerprint density at radius 3 is 2.58 bits per heavy atom. The molecule has 0 saturated carbocycles. The van der Waals surface area contributed by atoms with Crippen LogP contribution in [0.1, 0.15) is 41.4 Å². The number of esters is 1. The van der Waals surface area contributed by atoms with Gasteiger partial charge in [0.25, 0.3) is 5.78 Å². The molecular weight excluding hydrogens is 422 g/mol. The maximum absolute atomic E-state index is 12.8. The van der Waals surface area contributed by atoms with E-state index in [2.05, 4.69) is 20.3 Å². The molecule has 1 aromatic carbocycles. The van der Waals surface area contributed by atoms with E-state index in [0.29, 0.717) is 49.8 Å². The maximum atomic E-state index is 12.8. The summed E-state index contributed by atoms with van der Waals surface area (Å²) in [6.45, 7) is 4.71. The topological polar surface area (TPSA) is 105 Å². The van der Waals surface area contributed by atoms with Crippen molar-refractivity contribution in [2.24, 2.45) is 0 Å². The van der Waals surface area contributed by atoms with Crippen LogP contribution in [0.4, 0.5) is 16.3 Å². The number of hydrogen-bond donors (Lipinski definition) is 1. The lowest BCUT2D eigenvalue weighted by Crippen LogP contribution is -2.51. The average Bonchev–Trinajstić information content (AvgIpc) is 3.31. The summed E-state index contributed by atoms with van der Waals surface area (Å²) in [7, 11) is 0. The first-order chi connectivity index (χ1) is 16.1. The zero-order valence-electron chi connectivity index (χ0n) is 18.7. The van der Waals surface area contributed by atoms with Gasteiger partial charge in [0.05, 0.1) is 17.9 Å². The summed E-state index contributed by atoms with van der Waals surface area (Å²) in [4.78, 5) is 37.7. The van der Waals surface area contributed by atoms with E-state index in [-0.39, 0.29) is 12.0 Å². The van der Waals surface area contributed by atoms with Gasteiger partial charge in [-0.3, -0.25) is 0 Å². The Hall–Kier alpha value is -3.69. The molecule has 172 valence electrons. The molecule has 10 heteroatoms. The summed E-state index contributed by atoms with van der Waals surface area (Å²) in [6.07, 6.45) is 5.82. The first kappa shape index (κ1) is 21.2. The van der Waals surface area contributed by atoms with Gasteiger partial charge in [-0.15, -0.1) is 0 Å². The number of carbonyl (C=O) groups is 2. The SMILES string of the molecule is CCOC(=O)c1ccc(NC(=O)N2CCN(c3c4c(nc5ncnn35)CCCC4)CC2)cc1. The highest BCUT2D eigenvalue weighted by molar-refractivity contribution is 5.92. The molecule has 33 heavy (non-hydrogen) atoms. The molecule has 0 unspecified atom stereocenters. The number of aryl methyl sites for hydroxylation is 1. The summed E-state index contributed by atoms with van der Waals surface area (Å²) in [5, 5.41) is 7.34. The summed E-state index contributed by atoms with van der Waals surface area (Å²) >= 11 is 0. The van der Waals surface area contributed by atoms with Crippen LogP contribution in [0.2, 0.25) is 0 Å². The van der Waals surface area contributed by atoms with Crippen molar-refractivity contribution in [3.63, 3.8) is 0 Å². The second kappa shape index (κ2) is 9.05. The molecule has 5 rings (SSSR count). The molecule has 1 N–H and O–H groups in total. The Morgan fingerprint density at radius 2 is 1.82 bits per heavy atom. The molecule has 2 aromatic heterocycles. The van der Waals surface area contributed by atoms with Crippen LogP contribution >= 0.6 is 0 Å². The molecule has 3 aromatic rings. The van der Waals surface area contributed by atoms with Gasteiger partial charge in [0, 0.05) is 37.4 Å². The number of aromatic nitrogens is 4. The lowest BCUT2D eigenvalue weighted by molar-refractivity contribution is 0.0526. The number of rotatable bonds is 4. The molecule has 2 aliphatic rings. The normalized spacial score (nSPS) is 15.9. The Kier molecular flexibility index (Phi) is 5.80. The third-order valence-corrected chi connectivity index (χ3v) is 6.19. The Balaban J connectivity index is 1.25. The molecule has 1 saturated heterocycles. The number of nitrogens with zero attached hydrogens (tertiary/aromatic N) is 6. The fourth-order valence-corrected chi connectivity index (χ4v) is 4.52. The van der Waals surface area contributed by atoms with Gasteiger partial charge in [-0.05, 0) is 56.9 Å². The number of urea groups is 1. The van der Waals surface area contributed by atoms with Crippen LogP contribution in [0.5, 0.6) is 0 Å². The highest BCUT2D eigenvalue weighted by atomic mass is 16.5. The quantitative estimate of drug-likeness (QED) is 0.610. The second-order valence-electron chi connectivity index (χ2n) is 8.24. The highest BCUT2D eigenvalue weighted by Crippen LogP contribution is 2.30. The predicted octanol–water partition coefficient (Wildman–Crippen LogP) is 2.53. The van der Waals surface area contributed by atoms with Crippen LogP contribution in [-0.2, 0) is 17.6 Å². The van der Waals surface area contributed by atoms with Crippen molar-refractivity contribution in [3.8, 4) is 0 Å². The van der Waals surface area contributed by atoms with Crippen LogP contribution < -0.4 is 10.2 Å². The molecule has 0 atom stereocenters. The predicted molar refractivity (Wildman–Crippen MR) is 123 cm³/mol. The molecule has 2 amide bonds. The summed E-state index contributed by atoms with van der Waals surface area (Å²) in [5.74, 6) is 1.34. The van der Waals surface area contributed by atoms with Crippen LogP contribution in [0.25, 0.3) is 5.78 Å². The molecule has 1 aliphatic carbocycles. The average molecular weight is 450 g/mol. The zero-order chi connectivity index (χ0) is 22.8. The van der Waals surface area contributed by atoms with E-state index in [1.807, 2.05) is 9.42 Å². The van der Waals surface area contributed by atoms with E-state index in [4.69, 9.17) is 9.72 Å². The van der Waals surface area contributed by atoms with Crippen LogP contribution in [0, 0.1) is 0 Å². The van der Waals surface area contributed by atoms with Gasteiger partial charge in [-0.25, -0.2) is 14.6 Å². The van der Waals surface area contributed by atoms with Crippen molar-refractivity contribution in [3.05, 3.63) is 47.4 Å². The van der Waals surface area contributed by atoms with Crippen molar-refractivity contribution in [2.45, 2.75) is 32.6 Å². The van der Waals surface area contributed by atoms with E-state index in [0.717, 1.165) is 37.2 Å². The molecule has 0 bridgehead atoms. The van der Waals surface area contributed by atoms with Crippen LogP contribution in [0.15, 0.2) is 30.6 Å². The number of hydrogen-bond acceptors (Lipinski definition) is 7. The van der Waals surface area contributed by atoms with Crippen molar-refractivity contribution in [1.82, 2.24) is 24.5 Å². The number of benzene rings is 1. The third kappa shape index (κ3) is 4.20. The van der Waals surface area contributed by atoms with E-state index in [1.165, 1.54) is 5.56 Å². The molecule has 10 nitrogen and oxygen atoms in total. The zero-order valence-corrected chi connectivity index (χ0v) is 18.7. The highest BCUT2D eigenvalue weighted by Gasteiger charge is 2.27. The van der Waals surface area contributed by atoms with Crippen molar-refractivity contribution >= 4 is 29.3 Å². The monoisotopic (exact) mass is 449 g/mol. The van der Waals surface area contributed by atoms with Gasteiger partial charge in [-0.2, -0.15) is 14.6 Å². The van der Waals surface area contributed by atoms with Gasteiger partial charge < -0.3 is 19.9 Å². The van der Waals surface area contributed by atoms with Gasteiger partial charge in [-0.1, -0.05) is 0 Å². The Labute approximate surface area is 191 Å². The standard InChI is InChI=1S/C23H27N7O3/c1-2-33-21(31)16-7-9-17(10-8-16)26-23(32)29-13-11-28(12-14-29)20-18-5-3-4-6-19(18)27-22-24-15-25-30(20)22/h7-10,15H,2-6,11-14H2,1H3,(H,26,32). The third-order valence-electron chi connectivity index (χ3n) is 6.19. The van der Waals surface area contributed by atoms with Crippen molar-refractivity contribution in [2.75, 3.05) is 43.0 Å². The first-order valence-electron chi connectivity index (χ1n) is 11.4. The fourth-order valence-electron chi connectivity index (χ4n) is 4.52. The number of nitrogens with one attached hydrogen (secondary N) is 1. The molecule has 0 radical (unpaired) electrons. The number of fused-ring (bicyclic) bond motifs is 2. The largest absolute Gasteiger partial charge is 0.462 e. The van der Waals surface area contributed by atoms with E-state index in [1.54, 1.807) is 37.5 Å². The number of carbonyl (C=O) groups excluding carboxylic acids is 2. The lowest BCUT2D eigenvalue weighted by atomic mass is 9.96. The lowest BCUT2D eigenvalue weighted by Gasteiger charge is -2.37. The van der Waals surface area contributed by atoms with E-state index in [9.17, 15) is 9.59 Å². The molecule has 1 aliphatic heterocycles. The fraction of sp³-hybridized carbons (Fsp3) is 0.435. The summed E-state index contributed by atoms with van der Waals surface area (Å²) in [6, 6.07) is 6.58. The van der Waals surface area contributed by atoms with Crippen molar-refractivity contribution < 1.29 is 14.3 Å².